The molecule has 0 saturated heterocycles. The number of halogens is 1. The van der Waals surface area contributed by atoms with Crippen molar-refractivity contribution in [1.82, 2.24) is 0 Å². The van der Waals surface area contributed by atoms with Gasteiger partial charge in [-0.05, 0) is 42.5 Å². The van der Waals surface area contributed by atoms with Crippen LogP contribution in [0.1, 0.15) is 0 Å². The maximum atomic E-state index is 14.0. The van der Waals surface area contributed by atoms with Crippen molar-refractivity contribution in [3.8, 4) is 11.5 Å². The normalized spacial score (nSPS) is 10.8. The van der Waals surface area contributed by atoms with Crippen LogP contribution >= 0.6 is 0 Å². The number of hydrogen-bond donors (Lipinski definition) is 0. The van der Waals surface area contributed by atoms with Gasteiger partial charge in [-0.2, -0.15) is 0 Å². The fourth-order valence-corrected chi connectivity index (χ4v) is 3.72. The van der Waals surface area contributed by atoms with E-state index < -0.39 is 28.4 Å². The number of ether oxygens (including phenoxy) is 3. The Morgan fingerprint density at radius 2 is 1.86 bits per heavy atom. The number of anilines is 1. The average molecular weight is 409 g/mol. The quantitative estimate of drug-likeness (QED) is 0.468. The second-order valence-corrected chi connectivity index (χ2v) is 7.34. The molecule has 150 valence electrons. The minimum Gasteiger partial charge on any atom is -0.494 e. The third kappa shape index (κ3) is 4.80. The summed E-state index contributed by atoms with van der Waals surface area (Å²) in [6.07, 6.45) is 1.57. The lowest BCUT2D eigenvalue weighted by Gasteiger charge is -2.23. The Morgan fingerprint density at radius 3 is 2.39 bits per heavy atom. The Hall–Kier alpha value is -3.07. The zero-order chi connectivity index (χ0) is 20.7. The SMILES string of the molecule is C=CCOc1ccc(N(CC(=O)OC)S(=O)(=O)c2ccc(OC)c(F)c2)cc1. The number of methoxy groups -OCH3 is 2. The maximum absolute atomic E-state index is 14.0. The first-order valence-corrected chi connectivity index (χ1v) is 9.54. The highest BCUT2D eigenvalue weighted by Gasteiger charge is 2.28. The summed E-state index contributed by atoms with van der Waals surface area (Å²) in [6, 6.07) is 9.27. The molecular weight excluding hydrogens is 389 g/mol. The summed E-state index contributed by atoms with van der Waals surface area (Å²) >= 11 is 0. The van der Waals surface area contributed by atoms with Crippen molar-refractivity contribution in [3.05, 3.63) is 60.9 Å². The minimum atomic E-state index is -4.26. The Bertz CT molecular complexity index is 943. The highest BCUT2D eigenvalue weighted by Crippen LogP contribution is 2.28. The van der Waals surface area contributed by atoms with Crippen molar-refractivity contribution in [3.63, 3.8) is 0 Å². The number of nitrogens with zero attached hydrogens (tertiary/aromatic N) is 1. The van der Waals surface area contributed by atoms with Crippen molar-refractivity contribution in [1.29, 1.82) is 0 Å². The van der Waals surface area contributed by atoms with Gasteiger partial charge in [0.05, 0.1) is 24.8 Å². The van der Waals surface area contributed by atoms with E-state index in [1.165, 1.54) is 31.4 Å². The molecule has 0 fully saturated rings. The lowest BCUT2D eigenvalue weighted by atomic mass is 10.3. The van der Waals surface area contributed by atoms with Crippen molar-refractivity contribution in [2.45, 2.75) is 4.90 Å². The third-order valence-electron chi connectivity index (χ3n) is 3.70. The van der Waals surface area contributed by atoms with Crippen LogP contribution in [0.25, 0.3) is 0 Å². The number of carbonyl (C=O) groups excluding carboxylic acids is 1. The number of esters is 1. The molecule has 0 radical (unpaired) electrons. The Balaban J connectivity index is 2.45. The first kappa shape index (κ1) is 21.2. The minimum absolute atomic E-state index is 0.0952. The highest BCUT2D eigenvalue weighted by molar-refractivity contribution is 7.92. The van der Waals surface area contributed by atoms with Crippen molar-refractivity contribution < 1.29 is 31.8 Å². The van der Waals surface area contributed by atoms with Crippen LogP contribution in [0, 0.1) is 5.82 Å². The van der Waals surface area contributed by atoms with Gasteiger partial charge in [-0.3, -0.25) is 9.10 Å². The molecule has 0 spiro atoms. The summed E-state index contributed by atoms with van der Waals surface area (Å²) in [5.74, 6) is -1.21. The molecule has 0 aliphatic carbocycles. The topological polar surface area (TPSA) is 82.1 Å². The molecule has 0 unspecified atom stereocenters. The summed E-state index contributed by atoms with van der Waals surface area (Å²) in [6.45, 7) is 3.25. The van der Waals surface area contributed by atoms with Crippen LogP contribution in [-0.2, 0) is 19.6 Å². The number of carbonyl (C=O) groups is 1. The summed E-state index contributed by atoms with van der Waals surface area (Å²) in [7, 11) is -1.84. The largest absolute Gasteiger partial charge is 0.494 e. The van der Waals surface area contributed by atoms with E-state index in [-0.39, 0.29) is 22.9 Å². The molecule has 0 aliphatic heterocycles. The molecular formula is C19H20FNO6S. The predicted octanol–water partition coefficient (Wildman–Crippen LogP) is 2.77. The summed E-state index contributed by atoms with van der Waals surface area (Å²) in [4.78, 5) is 11.5. The molecule has 0 aromatic heterocycles. The van der Waals surface area contributed by atoms with E-state index in [1.54, 1.807) is 18.2 Å². The van der Waals surface area contributed by atoms with Crippen LogP contribution in [-0.4, -0.2) is 41.8 Å². The van der Waals surface area contributed by atoms with Gasteiger partial charge in [0.1, 0.15) is 18.9 Å². The van der Waals surface area contributed by atoms with Crippen LogP contribution in [0.2, 0.25) is 0 Å². The van der Waals surface area contributed by atoms with E-state index in [2.05, 4.69) is 11.3 Å². The van der Waals surface area contributed by atoms with E-state index in [0.29, 0.717) is 5.75 Å². The van der Waals surface area contributed by atoms with Crippen LogP contribution in [0.5, 0.6) is 11.5 Å². The monoisotopic (exact) mass is 409 g/mol. The van der Waals surface area contributed by atoms with Gasteiger partial charge in [0.2, 0.25) is 0 Å². The average Bonchev–Trinajstić information content (AvgIpc) is 2.70. The van der Waals surface area contributed by atoms with Crippen LogP contribution in [0.4, 0.5) is 10.1 Å². The summed E-state index contributed by atoms with van der Waals surface area (Å²) in [5, 5.41) is 0. The van der Waals surface area contributed by atoms with Crippen LogP contribution in [0.15, 0.2) is 60.0 Å². The standard InChI is InChI=1S/C19H20FNO6S/c1-4-11-27-15-7-5-14(6-8-15)21(13-19(22)26-3)28(23,24)16-9-10-18(25-2)17(20)12-16/h4-10,12H,1,11,13H2,2-3H3. The number of hydrogen-bond acceptors (Lipinski definition) is 6. The van der Waals surface area contributed by atoms with E-state index in [1.807, 2.05) is 0 Å². The number of rotatable bonds is 9. The summed E-state index contributed by atoms with van der Waals surface area (Å²) in [5.41, 5.74) is 0.188. The molecule has 0 amide bonds. The van der Waals surface area contributed by atoms with Crippen LogP contribution < -0.4 is 13.8 Å². The molecule has 7 nitrogen and oxygen atoms in total. The van der Waals surface area contributed by atoms with Crippen molar-refractivity contribution in [2.24, 2.45) is 0 Å². The van der Waals surface area contributed by atoms with Gasteiger partial charge in [0, 0.05) is 0 Å². The van der Waals surface area contributed by atoms with Gasteiger partial charge in [-0.25, -0.2) is 12.8 Å². The lowest BCUT2D eigenvalue weighted by molar-refractivity contribution is -0.138. The zero-order valence-corrected chi connectivity index (χ0v) is 16.2. The van der Waals surface area contributed by atoms with E-state index >= 15 is 0 Å². The molecule has 0 aliphatic rings. The van der Waals surface area contributed by atoms with Gasteiger partial charge < -0.3 is 14.2 Å². The smallest absolute Gasteiger partial charge is 0.326 e. The second-order valence-electron chi connectivity index (χ2n) is 5.48. The maximum Gasteiger partial charge on any atom is 0.326 e. The Kier molecular flexibility index (Phi) is 7.00. The number of benzene rings is 2. The Morgan fingerprint density at radius 1 is 1.18 bits per heavy atom. The highest BCUT2D eigenvalue weighted by atomic mass is 32.2. The molecule has 28 heavy (non-hydrogen) atoms. The molecule has 0 heterocycles. The van der Waals surface area contributed by atoms with E-state index in [4.69, 9.17) is 9.47 Å². The molecule has 0 N–H and O–H groups in total. The molecule has 9 heteroatoms. The van der Waals surface area contributed by atoms with Gasteiger partial charge in [-0.15, -0.1) is 0 Å². The second kappa shape index (κ2) is 9.23. The first-order chi connectivity index (χ1) is 13.3. The molecule has 2 aromatic rings. The van der Waals surface area contributed by atoms with Crippen molar-refractivity contribution in [2.75, 3.05) is 31.7 Å². The predicted molar refractivity (Wildman–Crippen MR) is 102 cm³/mol. The van der Waals surface area contributed by atoms with E-state index in [0.717, 1.165) is 17.5 Å². The van der Waals surface area contributed by atoms with Crippen molar-refractivity contribution >= 4 is 21.7 Å². The number of sulfonamides is 1. The molecule has 0 atom stereocenters. The van der Waals surface area contributed by atoms with Crippen LogP contribution in [0.3, 0.4) is 0 Å². The van der Waals surface area contributed by atoms with E-state index in [9.17, 15) is 17.6 Å². The first-order valence-electron chi connectivity index (χ1n) is 8.10. The molecule has 2 rings (SSSR count). The Labute approximate surface area is 163 Å². The molecule has 2 aromatic carbocycles. The van der Waals surface area contributed by atoms with Gasteiger partial charge in [-0.1, -0.05) is 12.7 Å². The fourth-order valence-electron chi connectivity index (χ4n) is 2.30. The van der Waals surface area contributed by atoms with Gasteiger partial charge >= 0.3 is 5.97 Å². The summed E-state index contributed by atoms with van der Waals surface area (Å²) < 4.78 is 55.7. The lowest BCUT2D eigenvalue weighted by Crippen LogP contribution is -2.36. The van der Waals surface area contributed by atoms with Gasteiger partial charge in [0.15, 0.2) is 11.6 Å². The fraction of sp³-hybridized carbons (Fsp3) is 0.211. The molecule has 0 bridgehead atoms. The third-order valence-corrected chi connectivity index (χ3v) is 5.47. The zero-order valence-electron chi connectivity index (χ0n) is 15.4. The van der Waals surface area contributed by atoms with Gasteiger partial charge in [0.25, 0.3) is 10.0 Å². The molecule has 0 saturated carbocycles.